The van der Waals surface area contributed by atoms with Gasteiger partial charge in [0.05, 0.1) is 24.0 Å². The van der Waals surface area contributed by atoms with Gasteiger partial charge in [-0.15, -0.1) is 11.3 Å². The van der Waals surface area contributed by atoms with E-state index in [1.807, 2.05) is 6.07 Å². The molecule has 1 saturated heterocycles. The lowest BCUT2D eigenvalue weighted by Crippen LogP contribution is -2.31. The van der Waals surface area contributed by atoms with E-state index < -0.39 is 18.4 Å². The average Bonchev–Trinajstić information content (AvgIpc) is 3.36. The van der Waals surface area contributed by atoms with E-state index in [2.05, 4.69) is 20.0 Å². The van der Waals surface area contributed by atoms with Crippen LogP contribution in [0.5, 0.6) is 0 Å². The van der Waals surface area contributed by atoms with E-state index in [1.165, 1.54) is 16.2 Å². The molecule has 2 aromatic rings. The number of halogens is 1. The summed E-state index contributed by atoms with van der Waals surface area (Å²) in [5, 5.41) is 5.66. The maximum atomic E-state index is 12.0. The maximum absolute atomic E-state index is 12.0. The summed E-state index contributed by atoms with van der Waals surface area (Å²) in [6.45, 7) is 1.14. The number of hydrogen-bond acceptors (Lipinski definition) is 8. The monoisotopic (exact) mass is 431 g/mol. The van der Waals surface area contributed by atoms with Crippen molar-refractivity contribution in [3.05, 3.63) is 27.2 Å². The minimum absolute atomic E-state index is 0.166. The Labute approximate surface area is 168 Å². The molecule has 0 saturated carbocycles. The van der Waals surface area contributed by atoms with Crippen molar-refractivity contribution in [2.75, 3.05) is 19.0 Å². The van der Waals surface area contributed by atoms with Crippen molar-refractivity contribution in [3.63, 3.8) is 0 Å². The fraction of sp³-hybridized carbons (Fsp3) is 0.467. The number of urea groups is 1. The van der Waals surface area contributed by atoms with Crippen LogP contribution in [0.2, 0.25) is 4.34 Å². The molecular weight excluding hydrogens is 414 g/mol. The molecule has 1 aliphatic heterocycles. The number of carbonyl (C=O) groups is 2. The van der Waals surface area contributed by atoms with Crippen molar-refractivity contribution in [2.45, 2.75) is 32.2 Å². The molecule has 3 amide bonds. The minimum Gasteiger partial charge on any atom is -0.419 e. The van der Waals surface area contributed by atoms with Crippen LogP contribution >= 0.6 is 34.5 Å². The summed E-state index contributed by atoms with van der Waals surface area (Å²) in [7, 11) is 1.59. The van der Waals surface area contributed by atoms with E-state index in [4.69, 9.17) is 21.1 Å². The van der Waals surface area contributed by atoms with Gasteiger partial charge in [-0.25, -0.2) is 14.6 Å². The molecule has 12 heteroatoms. The zero-order chi connectivity index (χ0) is 19.2. The second kappa shape index (κ2) is 9.31. The zero-order valence-electron chi connectivity index (χ0n) is 14.4. The number of thiophene rings is 1. The van der Waals surface area contributed by atoms with Gasteiger partial charge in [0.25, 0.3) is 0 Å². The van der Waals surface area contributed by atoms with Crippen LogP contribution in [-0.2, 0) is 22.6 Å². The van der Waals surface area contributed by atoms with Crippen LogP contribution in [0.4, 0.5) is 14.7 Å². The first kappa shape index (κ1) is 19.8. The molecule has 2 N–H and O–H groups in total. The van der Waals surface area contributed by atoms with Gasteiger partial charge in [0.1, 0.15) is 0 Å². The molecule has 3 rings (SSSR count). The van der Waals surface area contributed by atoms with Gasteiger partial charge in [-0.3, -0.25) is 5.32 Å². The van der Waals surface area contributed by atoms with Crippen molar-refractivity contribution >= 4 is 51.7 Å². The largest absolute Gasteiger partial charge is 0.419 e. The SMILES string of the molecule is CN(Cc1nsc(NC(=O)NCc2ccc(Cl)s2)n1)C(=O)O[C@@H]1CCCO1. The summed E-state index contributed by atoms with van der Waals surface area (Å²) < 4.78 is 15.3. The summed E-state index contributed by atoms with van der Waals surface area (Å²) >= 11 is 8.28. The Morgan fingerprint density at radius 1 is 1.48 bits per heavy atom. The van der Waals surface area contributed by atoms with E-state index >= 15 is 0 Å². The molecule has 0 radical (unpaired) electrons. The molecule has 0 aliphatic carbocycles. The Bertz CT molecular complexity index is 793. The highest BCUT2D eigenvalue weighted by Crippen LogP contribution is 2.21. The van der Waals surface area contributed by atoms with Crippen LogP contribution in [0.1, 0.15) is 23.5 Å². The Morgan fingerprint density at radius 3 is 3.04 bits per heavy atom. The highest BCUT2D eigenvalue weighted by Gasteiger charge is 2.22. The Balaban J connectivity index is 1.43. The van der Waals surface area contributed by atoms with E-state index in [1.54, 1.807) is 13.1 Å². The van der Waals surface area contributed by atoms with Crippen LogP contribution in [-0.4, -0.2) is 46.3 Å². The number of aromatic nitrogens is 2. The molecule has 1 fully saturated rings. The van der Waals surface area contributed by atoms with Crippen LogP contribution < -0.4 is 10.6 Å². The van der Waals surface area contributed by atoms with Crippen LogP contribution in [0.15, 0.2) is 12.1 Å². The normalized spacial score (nSPS) is 16.1. The molecule has 3 heterocycles. The first-order chi connectivity index (χ1) is 13.0. The molecular formula is C15H18ClN5O4S2. The van der Waals surface area contributed by atoms with Crippen molar-refractivity contribution < 1.29 is 19.1 Å². The molecule has 27 heavy (non-hydrogen) atoms. The maximum Gasteiger partial charge on any atom is 0.412 e. The van der Waals surface area contributed by atoms with Gasteiger partial charge in [-0.2, -0.15) is 4.37 Å². The molecule has 0 bridgehead atoms. The molecule has 1 atom stereocenters. The predicted octanol–water partition coefficient (Wildman–Crippen LogP) is 3.28. The number of rotatable bonds is 6. The quantitative estimate of drug-likeness (QED) is 0.727. The zero-order valence-corrected chi connectivity index (χ0v) is 16.8. The van der Waals surface area contributed by atoms with Gasteiger partial charge in [0, 0.05) is 29.9 Å². The molecule has 0 unspecified atom stereocenters. The van der Waals surface area contributed by atoms with Crippen LogP contribution in [0.25, 0.3) is 0 Å². The van der Waals surface area contributed by atoms with Gasteiger partial charge >= 0.3 is 12.1 Å². The molecule has 0 spiro atoms. The van der Waals surface area contributed by atoms with Gasteiger partial charge in [0.15, 0.2) is 5.82 Å². The Morgan fingerprint density at radius 2 is 2.33 bits per heavy atom. The first-order valence-electron chi connectivity index (χ1n) is 8.14. The number of anilines is 1. The number of nitrogens with one attached hydrogen (secondary N) is 2. The molecule has 2 aromatic heterocycles. The third-order valence-corrected chi connectivity index (χ3v) is 5.45. The Hall–Kier alpha value is -1.95. The van der Waals surface area contributed by atoms with E-state index in [0.29, 0.717) is 34.9 Å². The minimum atomic E-state index is -0.501. The van der Waals surface area contributed by atoms with Crippen molar-refractivity contribution in [3.8, 4) is 0 Å². The van der Waals surface area contributed by atoms with Crippen LogP contribution in [0, 0.1) is 0 Å². The van der Waals surface area contributed by atoms with E-state index in [-0.39, 0.29) is 6.54 Å². The van der Waals surface area contributed by atoms with Gasteiger partial charge in [-0.1, -0.05) is 11.6 Å². The lowest BCUT2D eigenvalue weighted by atomic mass is 10.4. The van der Waals surface area contributed by atoms with Gasteiger partial charge < -0.3 is 19.7 Å². The number of amides is 3. The third kappa shape index (κ3) is 6.03. The van der Waals surface area contributed by atoms with Crippen LogP contribution in [0.3, 0.4) is 0 Å². The van der Waals surface area contributed by atoms with Gasteiger partial charge in [-0.05, 0) is 18.6 Å². The lowest BCUT2D eigenvalue weighted by Gasteiger charge is -2.18. The summed E-state index contributed by atoms with van der Waals surface area (Å²) in [6, 6.07) is 3.23. The molecule has 9 nitrogen and oxygen atoms in total. The summed E-state index contributed by atoms with van der Waals surface area (Å²) in [6.07, 6.45) is 0.599. The van der Waals surface area contributed by atoms with E-state index in [0.717, 1.165) is 22.8 Å². The number of ether oxygens (including phenoxy) is 2. The predicted molar refractivity (Wildman–Crippen MR) is 102 cm³/mol. The molecule has 146 valence electrons. The average molecular weight is 432 g/mol. The number of nitrogens with zero attached hydrogens (tertiary/aromatic N) is 3. The summed E-state index contributed by atoms with van der Waals surface area (Å²) in [5.41, 5.74) is 0. The fourth-order valence-corrected chi connectivity index (χ4v) is 3.85. The summed E-state index contributed by atoms with van der Waals surface area (Å²) in [5.74, 6) is 0.409. The van der Waals surface area contributed by atoms with Gasteiger partial charge in [0.2, 0.25) is 11.4 Å². The van der Waals surface area contributed by atoms with Crippen molar-refractivity contribution in [1.29, 1.82) is 0 Å². The summed E-state index contributed by atoms with van der Waals surface area (Å²) in [4.78, 5) is 30.4. The third-order valence-electron chi connectivity index (χ3n) is 3.55. The topological polar surface area (TPSA) is 106 Å². The lowest BCUT2D eigenvalue weighted by molar-refractivity contribution is -0.0771. The highest BCUT2D eigenvalue weighted by molar-refractivity contribution is 7.16. The smallest absolute Gasteiger partial charge is 0.412 e. The highest BCUT2D eigenvalue weighted by atomic mass is 35.5. The standard InChI is InChI=1S/C15H18ClN5O4S2/c1-21(15(23)25-12-3-2-6-24-12)8-11-18-14(27-20-11)19-13(22)17-7-9-4-5-10(16)26-9/h4-5,12H,2-3,6-8H2,1H3,(H2,17,18,19,20,22)/t12-/m1/s1. The molecule has 1 aliphatic rings. The first-order valence-corrected chi connectivity index (χ1v) is 10.1. The van der Waals surface area contributed by atoms with Crippen molar-refractivity contribution in [2.24, 2.45) is 0 Å². The molecule has 0 aromatic carbocycles. The number of hydrogen-bond donors (Lipinski definition) is 2. The Kier molecular flexibility index (Phi) is 6.83. The number of carbonyl (C=O) groups excluding carboxylic acids is 2. The van der Waals surface area contributed by atoms with E-state index in [9.17, 15) is 9.59 Å². The second-order valence-electron chi connectivity index (χ2n) is 5.71. The second-order valence-corrected chi connectivity index (χ2v) is 8.26. The fourth-order valence-electron chi connectivity index (χ4n) is 2.24. The van der Waals surface area contributed by atoms with Crippen molar-refractivity contribution in [1.82, 2.24) is 19.6 Å².